The molecule has 5 nitrogen and oxygen atoms in total. The van der Waals surface area contributed by atoms with Crippen molar-refractivity contribution in [1.29, 1.82) is 0 Å². The topological polar surface area (TPSA) is 67.6 Å². The molecule has 1 aromatic rings. The number of anilines is 1. The molecule has 18 heavy (non-hydrogen) atoms. The lowest BCUT2D eigenvalue weighted by molar-refractivity contribution is -0.134. The quantitative estimate of drug-likeness (QED) is 0.764. The maximum Gasteiger partial charge on any atom is 0.260 e. The second-order valence-electron chi connectivity index (χ2n) is 4.56. The molecule has 3 N–H and O–H groups in total. The van der Waals surface area contributed by atoms with Crippen LogP contribution in [0.5, 0.6) is 5.75 Å². The second-order valence-corrected chi connectivity index (χ2v) is 4.56. The summed E-state index contributed by atoms with van der Waals surface area (Å²) in [6.07, 6.45) is 0. The lowest BCUT2D eigenvalue weighted by Crippen LogP contribution is -2.52. The van der Waals surface area contributed by atoms with Gasteiger partial charge in [-0.3, -0.25) is 4.79 Å². The molecule has 0 spiro atoms. The monoisotopic (exact) mass is 249 g/mol. The van der Waals surface area contributed by atoms with E-state index in [1.807, 2.05) is 11.0 Å². The summed E-state index contributed by atoms with van der Waals surface area (Å²) in [4.78, 5) is 13.8. The van der Waals surface area contributed by atoms with Gasteiger partial charge < -0.3 is 20.7 Å². The molecule has 98 valence electrons. The summed E-state index contributed by atoms with van der Waals surface area (Å²) in [7, 11) is 0. The van der Waals surface area contributed by atoms with E-state index in [9.17, 15) is 4.79 Å². The summed E-state index contributed by atoms with van der Waals surface area (Å²) in [6, 6.07) is 7.45. The fraction of sp³-hybridized carbons (Fsp3) is 0.462. The maximum atomic E-state index is 11.9. The van der Waals surface area contributed by atoms with Crippen LogP contribution in [0.1, 0.15) is 6.92 Å². The third-order valence-electron chi connectivity index (χ3n) is 2.94. The van der Waals surface area contributed by atoms with Crippen molar-refractivity contribution in [2.24, 2.45) is 0 Å². The molecule has 0 aromatic heterocycles. The van der Waals surface area contributed by atoms with Crippen LogP contribution in [0.2, 0.25) is 0 Å². The normalized spacial score (nSPS) is 19.6. The fourth-order valence-corrected chi connectivity index (χ4v) is 2.00. The molecule has 2 rings (SSSR count). The molecule has 1 amide bonds. The predicted molar refractivity (Wildman–Crippen MR) is 70.4 cm³/mol. The number of hydrogen-bond acceptors (Lipinski definition) is 4. The summed E-state index contributed by atoms with van der Waals surface area (Å²) < 4.78 is 5.45. The predicted octanol–water partition coefficient (Wildman–Crippen LogP) is 0.468. The summed E-state index contributed by atoms with van der Waals surface area (Å²) >= 11 is 0. The van der Waals surface area contributed by atoms with Gasteiger partial charge in [-0.05, 0) is 19.1 Å². The van der Waals surface area contributed by atoms with Gasteiger partial charge in [0.05, 0.1) is 0 Å². The van der Waals surface area contributed by atoms with Crippen molar-refractivity contribution < 1.29 is 9.53 Å². The van der Waals surface area contributed by atoms with E-state index in [1.165, 1.54) is 0 Å². The first kappa shape index (κ1) is 12.7. The van der Waals surface area contributed by atoms with Crippen molar-refractivity contribution in [1.82, 2.24) is 10.2 Å². The molecule has 0 aliphatic carbocycles. The van der Waals surface area contributed by atoms with Crippen molar-refractivity contribution in [2.45, 2.75) is 13.0 Å². The molecule has 1 saturated heterocycles. The van der Waals surface area contributed by atoms with Crippen LogP contribution in [-0.4, -0.2) is 43.1 Å². The van der Waals surface area contributed by atoms with Gasteiger partial charge in [-0.15, -0.1) is 0 Å². The van der Waals surface area contributed by atoms with Gasteiger partial charge in [0.2, 0.25) is 0 Å². The molecule has 0 radical (unpaired) electrons. The molecule has 0 saturated carbocycles. The number of amides is 1. The number of carbonyl (C=O) groups is 1. The maximum absolute atomic E-state index is 11.9. The minimum absolute atomic E-state index is 0.0192. The Bertz CT molecular complexity index is 422. The first-order chi connectivity index (χ1) is 8.65. The number of nitrogen functional groups attached to an aromatic ring is 1. The Morgan fingerprint density at radius 3 is 3.17 bits per heavy atom. The SMILES string of the molecule is C[C@@H]1CN(C(=O)COc2cccc(N)c2)CCN1. The van der Waals surface area contributed by atoms with E-state index in [1.54, 1.807) is 18.2 Å². The van der Waals surface area contributed by atoms with Crippen molar-refractivity contribution in [3.63, 3.8) is 0 Å². The molecule has 1 aromatic carbocycles. The summed E-state index contributed by atoms with van der Waals surface area (Å²) in [5, 5.41) is 3.30. The van der Waals surface area contributed by atoms with Gasteiger partial charge in [-0.2, -0.15) is 0 Å². The molecule has 1 fully saturated rings. The van der Waals surface area contributed by atoms with E-state index in [-0.39, 0.29) is 12.5 Å². The zero-order valence-electron chi connectivity index (χ0n) is 10.6. The Labute approximate surface area is 107 Å². The zero-order valence-corrected chi connectivity index (χ0v) is 10.6. The summed E-state index contributed by atoms with van der Waals surface area (Å²) in [5.74, 6) is 0.650. The molecule has 1 atom stereocenters. The van der Waals surface area contributed by atoms with Gasteiger partial charge in [-0.1, -0.05) is 6.07 Å². The van der Waals surface area contributed by atoms with Gasteiger partial charge in [0.1, 0.15) is 5.75 Å². The lowest BCUT2D eigenvalue weighted by atomic mass is 10.2. The second kappa shape index (κ2) is 5.73. The zero-order chi connectivity index (χ0) is 13.0. The van der Waals surface area contributed by atoms with E-state index >= 15 is 0 Å². The number of benzene rings is 1. The van der Waals surface area contributed by atoms with Gasteiger partial charge in [0.15, 0.2) is 6.61 Å². The number of hydrogen-bond donors (Lipinski definition) is 2. The largest absolute Gasteiger partial charge is 0.484 e. The molecule has 0 unspecified atom stereocenters. The highest BCUT2D eigenvalue weighted by Crippen LogP contribution is 2.14. The van der Waals surface area contributed by atoms with Crippen molar-refractivity contribution in [3.8, 4) is 5.75 Å². The Morgan fingerprint density at radius 1 is 1.61 bits per heavy atom. The fourth-order valence-electron chi connectivity index (χ4n) is 2.00. The summed E-state index contributed by atoms with van der Waals surface area (Å²) in [6.45, 7) is 4.45. The van der Waals surface area contributed by atoms with Crippen molar-refractivity contribution in [2.75, 3.05) is 32.0 Å². The Balaban J connectivity index is 1.84. The highest BCUT2D eigenvalue weighted by molar-refractivity contribution is 5.78. The average molecular weight is 249 g/mol. The molecule has 1 aliphatic rings. The van der Waals surface area contributed by atoms with Crippen LogP contribution in [-0.2, 0) is 4.79 Å². The lowest BCUT2D eigenvalue weighted by Gasteiger charge is -2.31. The molecule has 0 bridgehead atoms. The smallest absolute Gasteiger partial charge is 0.260 e. The van der Waals surface area contributed by atoms with E-state index in [2.05, 4.69) is 12.2 Å². The third kappa shape index (κ3) is 3.37. The minimum atomic E-state index is 0.0192. The molecule has 5 heteroatoms. The number of carbonyl (C=O) groups excluding carboxylic acids is 1. The molecular formula is C13H19N3O2. The number of nitrogens with two attached hydrogens (primary N) is 1. The van der Waals surface area contributed by atoms with E-state index in [0.717, 1.165) is 19.6 Å². The number of ether oxygens (including phenoxy) is 1. The van der Waals surface area contributed by atoms with Crippen LogP contribution in [0.3, 0.4) is 0 Å². The van der Waals surface area contributed by atoms with Crippen LogP contribution in [0.15, 0.2) is 24.3 Å². The highest BCUT2D eigenvalue weighted by atomic mass is 16.5. The highest BCUT2D eigenvalue weighted by Gasteiger charge is 2.20. The molecular weight excluding hydrogens is 230 g/mol. The first-order valence-corrected chi connectivity index (χ1v) is 6.14. The van der Waals surface area contributed by atoms with Crippen LogP contribution in [0.25, 0.3) is 0 Å². The van der Waals surface area contributed by atoms with Gasteiger partial charge in [0, 0.05) is 37.4 Å². The van der Waals surface area contributed by atoms with Gasteiger partial charge in [0.25, 0.3) is 5.91 Å². The average Bonchev–Trinajstić information content (AvgIpc) is 2.36. The van der Waals surface area contributed by atoms with Gasteiger partial charge >= 0.3 is 0 Å². The Morgan fingerprint density at radius 2 is 2.44 bits per heavy atom. The number of nitrogens with one attached hydrogen (secondary N) is 1. The third-order valence-corrected chi connectivity index (χ3v) is 2.94. The number of nitrogens with zero attached hydrogens (tertiary/aromatic N) is 1. The van der Waals surface area contributed by atoms with Crippen LogP contribution in [0.4, 0.5) is 5.69 Å². The standard InChI is InChI=1S/C13H19N3O2/c1-10-8-16(6-5-15-10)13(17)9-18-12-4-2-3-11(14)7-12/h2-4,7,10,15H,5-6,8-9,14H2,1H3/t10-/m1/s1. The Hall–Kier alpha value is -1.75. The van der Waals surface area contributed by atoms with Crippen LogP contribution < -0.4 is 15.8 Å². The van der Waals surface area contributed by atoms with Gasteiger partial charge in [-0.25, -0.2) is 0 Å². The Kier molecular flexibility index (Phi) is 4.04. The van der Waals surface area contributed by atoms with Crippen LogP contribution in [0, 0.1) is 0 Å². The summed E-state index contributed by atoms with van der Waals surface area (Å²) in [5.41, 5.74) is 6.28. The van der Waals surface area contributed by atoms with Crippen molar-refractivity contribution >= 4 is 11.6 Å². The van der Waals surface area contributed by atoms with E-state index < -0.39 is 0 Å². The number of piperazine rings is 1. The first-order valence-electron chi connectivity index (χ1n) is 6.14. The van der Waals surface area contributed by atoms with E-state index in [0.29, 0.717) is 17.5 Å². The minimum Gasteiger partial charge on any atom is -0.484 e. The molecule has 1 aliphatic heterocycles. The van der Waals surface area contributed by atoms with E-state index in [4.69, 9.17) is 10.5 Å². The number of rotatable bonds is 3. The molecule has 1 heterocycles. The van der Waals surface area contributed by atoms with Crippen molar-refractivity contribution in [3.05, 3.63) is 24.3 Å². The van der Waals surface area contributed by atoms with Crippen LogP contribution >= 0.6 is 0 Å².